The number of phenolic OH excluding ortho intramolecular Hbond substituents is 1. The fraction of sp³-hybridized carbons (Fsp3) is 0.288. The first-order chi connectivity index (χ1) is 30.8. The molecule has 0 aliphatic heterocycles. The largest absolute Gasteiger partial charge is 0.507 e. The maximum Gasteiger partial charge on any atom is 0.149 e. The number of nitrogens with zero attached hydrogens (tertiary/aromatic N) is 3. The van der Waals surface area contributed by atoms with Crippen LogP contribution in [0, 0.1) is 6.85 Å². The van der Waals surface area contributed by atoms with E-state index in [4.69, 9.17) is 14.1 Å². The quantitative estimate of drug-likeness (QED) is 0.182. The first-order valence-electron chi connectivity index (χ1n) is 23.6. The Morgan fingerprint density at radius 1 is 0.492 bits per heavy atom. The molecule has 2 heterocycles. The van der Waals surface area contributed by atoms with E-state index in [0.717, 1.165) is 83.6 Å². The third-order valence-electron chi connectivity index (χ3n) is 12.2. The lowest BCUT2D eigenvalue weighted by atomic mass is 9.78. The van der Waals surface area contributed by atoms with Crippen molar-refractivity contribution in [1.29, 1.82) is 0 Å². The van der Waals surface area contributed by atoms with Crippen LogP contribution in [0.5, 0.6) is 5.75 Å². The SMILES string of the molecule is [2H]C([2H])([2H])c1ccc(-c2ccnc(-c3cc(-c4cccc5c4nc(-c4cc(C(C)(C)C)cc(C(C)(C)C)c4O)n5-c4ccc(-c5ccccc5)cc4C(C)(C)C)cc(C(C)(C)C)c3)c2)cc1. The van der Waals surface area contributed by atoms with E-state index in [1.165, 1.54) is 0 Å². The monoisotopic (exact) mass is 833 g/mol. The summed E-state index contributed by atoms with van der Waals surface area (Å²) >= 11 is 0. The van der Waals surface area contributed by atoms with Crippen molar-refractivity contribution in [2.45, 2.75) is 112 Å². The second kappa shape index (κ2) is 15.8. The maximum absolute atomic E-state index is 12.5. The summed E-state index contributed by atoms with van der Waals surface area (Å²) in [4.78, 5) is 10.6. The number of imidazole rings is 1. The lowest BCUT2D eigenvalue weighted by molar-refractivity contribution is 0.446. The van der Waals surface area contributed by atoms with Gasteiger partial charge in [0, 0.05) is 27.0 Å². The standard InChI is InChI=1S/C59H63N3O/c1-37-22-24-39(25-23-37)41-28-29-60-50(34-41)43-30-42(31-44(32-43)56(2,3)4)46-20-17-21-52-53(46)61-55(47-35-45(57(5,6)7)36-49(54(47)63)59(11,12)13)62(52)51-27-26-40(33-48(51)58(8,9)10)38-18-15-14-16-19-38/h14-36,63H,1-13H3/i1D3. The highest BCUT2D eigenvalue weighted by atomic mass is 16.3. The number of pyridine rings is 1. The average molecular weight is 833 g/mol. The van der Waals surface area contributed by atoms with Gasteiger partial charge in [0.25, 0.3) is 0 Å². The minimum absolute atomic E-state index is 0.198. The third-order valence-corrected chi connectivity index (χ3v) is 12.2. The van der Waals surface area contributed by atoms with Crippen LogP contribution in [-0.4, -0.2) is 19.6 Å². The summed E-state index contributed by atoms with van der Waals surface area (Å²) in [6.45, 7) is 24.4. The van der Waals surface area contributed by atoms with Crippen molar-refractivity contribution in [3.63, 3.8) is 0 Å². The molecule has 63 heavy (non-hydrogen) atoms. The van der Waals surface area contributed by atoms with E-state index < -0.39 is 6.85 Å². The number of hydrogen-bond acceptors (Lipinski definition) is 3. The van der Waals surface area contributed by atoms with Gasteiger partial charge in [-0.3, -0.25) is 9.55 Å². The molecule has 0 aliphatic rings. The highest BCUT2D eigenvalue weighted by Crippen LogP contribution is 2.46. The van der Waals surface area contributed by atoms with E-state index in [1.54, 1.807) is 12.1 Å². The molecule has 6 aromatic carbocycles. The van der Waals surface area contributed by atoms with E-state index in [9.17, 15) is 5.11 Å². The van der Waals surface area contributed by atoms with Crippen LogP contribution in [-0.2, 0) is 21.7 Å². The minimum atomic E-state index is -2.17. The molecule has 0 saturated heterocycles. The number of fused-ring (bicyclic) bond motifs is 1. The lowest BCUT2D eigenvalue weighted by Gasteiger charge is -2.28. The zero-order valence-electron chi connectivity index (χ0n) is 42.1. The number of aromatic hydroxyl groups is 1. The van der Waals surface area contributed by atoms with Crippen molar-refractivity contribution in [3.05, 3.63) is 167 Å². The van der Waals surface area contributed by atoms with Crippen molar-refractivity contribution in [1.82, 2.24) is 14.5 Å². The Morgan fingerprint density at radius 2 is 1.11 bits per heavy atom. The Morgan fingerprint density at radius 3 is 1.76 bits per heavy atom. The predicted octanol–water partition coefficient (Wildman–Crippen LogP) is 16.0. The molecule has 0 unspecified atom stereocenters. The summed E-state index contributed by atoms with van der Waals surface area (Å²) in [5.41, 5.74) is 15.0. The molecule has 0 aliphatic carbocycles. The van der Waals surface area contributed by atoms with Gasteiger partial charge in [0.15, 0.2) is 0 Å². The van der Waals surface area contributed by atoms with Gasteiger partial charge >= 0.3 is 0 Å². The molecule has 0 amide bonds. The Hall–Kier alpha value is -6.26. The van der Waals surface area contributed by atoms with Gasteiger partial charge in [0.05, 0.1) is 28.0 Å². The van der Waals surface area contributed by atoms with E-state index in [-0.39, 0.29) is 27.4 Å². The average Bonchev–Trinajstić information content (AvgIpc) is 3.64. The first kappa shape index (κ1) is 39.6. The van der Waals surface area contributed by atoms with Crippen LogP contribution in [0.1, 0.15) is 115 Å². The molecular weight excluding hydrogens is 767 g/mol. The summed E-state index contributed by atoms with van der Waals surface area (Å²) in [6.07, 6.45) is 1.82. The van der Waals surface area contributed by atoms with Crippen LogP contribution in [0.25, 0.3) is 72.7 Å². The second-order valence-corrected chi connectivity index (χ2v) is 21.3. The van der Waals surface area contributed by atoms with Crippen molar-refractivity contribution in [2.24, 2.45) is 0 Å². The van der Waals surface area contributed by atoms with E-state index >= 15 is 0 Å². The topological polar surface area (TPSA) is 50.9 Å². The predicted molar refractivity (Wildman–Crippen MR) is 267 cm³/mol. The number of phenols is 1. The van der Waals surface area contributed by atoms with Gasteiger partial charge < -0.3 is 5.11 Å². The summed E-state index contributed by atoms with van der Waals surface area (Å²) < 4.78 is 25.8. The van der Waals surface area contributed by atoms with Crippen LogP contribution in [0.4, 0.5) is 0 Å². The molecule has 0 atom stereocenters. The Balaban J connectivity index is 1.41. The van der Waals surface area contributed by atoms with Gasteiger partial charge in [-0.25, -0.2) is 4.98 Å². The van der Waals surface area contributed by atoms with Crippen LogP contribution in [0.3, 0.4) is 0 Å². The van der Waals surface area contributed by atoms with Crippen LogP contribution in [0.15, 0.2) is 140 Å². The number of hydrogen-bond donors (Lipinski definition) is 1. The highest BCUT2D eigenvalue weighted by Gasteiger charge is 2.30. The smallest absolute Gasteiger partial charge is 0.149 e. The molecular formula is C59H63N3O. The number of aryl methyl sites for hydroxylation is 1. The van der Waals surface area contributed by atoms with Crippen molar-refractivity contribution in [2.75, 3.05) is 0 Å². The zero-order chi connectivity index (χ0) is 47.7. The van der Waals surface area contributed by atoms with Crippen LogP contribution < -0.4 is 0 Å². The van der Waals surface area contributed by atoms with Gasteiger partial charge in [0.1, 0.15) is 11.6 Å². The van der Waals surface area contributed by atoms with Gasteiger partial charge in [0.2, 0.25) is 0 Å². The normalized spacial score (nSPS) is 13.5. The molecule has 4 nitrogen and oxygen atoms in total. The molecule has 0 spiro atoms. The molecule has 4 heteroatoms. The molecule has 8 rings (SSSR count). The van der Waals surface area contributed by atoms with Gasteiger partial charge in [-0.2, -0.15) is 0 Å². The fourth-order valence-corrected chi connectivity index (χ4v) is 8.50. The Bertz CT molecular complexity index is 3090. The number of benzene rings is 6. The molecule has 320 valence electrons. The Labute approximate surface area is 380 Å². The molecule has 1 N–H and O–H groups in total. The minimum Gasteiger partial charge on any atom is -0.507 e. The number of para-hydroxylation sites is 1. The molecule has 0 fully saturated rings. The molecule has 0 radical (unpaired) electrons. The molecule has 0 saturated carbocycles. The summed E-state index contributed by atoms with van der Waals surface area (Å²) in [7, 11) is 0. The fourth-order valence-electron chi connectivity index (χ4n) is 8.50. The van der Waals surface area contributed by atoms with Gasteiger partial charge in [-0.15, -0.1) is 0 Å². The molecule has 0 bridgehead atoms. The van der Waals surface area contributed by atoms with E-state index in [1.807, 2.05) is 30.5 Å². The van der Waals surface area contributed by atoms with Gasteiger partial charge in [-0.05, 0) is 122 Å². The molecule has 2 aromatic heterocycles. The van der Waals surface area contributed by atoms with E-state index in [2.05, 4.69) is 185 Å². The van der Waals surface area contributed by atoms with Crippen molar-refractivity contribution in [3.8, 4) is 67.5 Å². The van der Waals surface area contributed by atoms with E-state index in [0.29, 0.717) is 17.0 Å². The number of aromatic nitrogens is 3. The lowest BCUT2D eigenvalue weighted by Crippen LogP contribution is -2.18. The maximum atomic E-state index is 12.5. The molecule has 8 aromatic rings. The zero-order valence-corrected chi connectivity index (χ0v) is 39.1. The summed E-state index contributed by atoms with van der Waals surface area (Å²) in [5, 5.41) is 12.5. The van der Waals surface area contributed by atoms with Gasteiger partial charge in [-0.1, -0.05) is 174 Å². The first-order valence-corrected chi connectivity index (χ1v) is 22.1. The Kier molecular flexibility index (Phi) is 9.94. The summed E-state index contributed by atoms with van der Waals surface area (Å²) in [6, 6.07) is 45.8. The number of rotatable bonds is 6. The van der Waals surface area contributed by atoms with Crippen molar-refractivity contribution < 1.29 is 9.22 Å². The van der Waals surface area contributed by atoms with Crippen LogP contribution >= 0.6 is 0 Å². The third kappa shape index (κ3) is 8.61. The second-order valence-electron chi connectivity index (χ2n) is 21.3. The summed E-state index contributed by atoms with van der Waals surface area (Å²) in [5.74, 6) is 0.915. The van der Waals surface area contributed by atoms with Crippen molar-refractivity contribution >= 4 is 11.0 Å². The van der Waals surface area contributed by atoms with Crippen LogP contribution in [0.2, 0.25) is 0 Å². The highest BCUT2D eigenvalue weighted by molar-refractivity contribution is 5.97.